The first kappa shape index (κ1) is 37.2. The van der Waals surface area contributed by atoms with E-state index >= 15 is 0 Å². The number of aromatic nitrogens is 6. The van der Waals surface area contributed by atoms with Gasteiger partial charge in [-0.05, 0) is 71.1 Å². The van der Waals surface area contributed by atoms with Gasteiger partial charge in [0.2, 0.25) is 11.8 Å². The molecule has 8 rings (SSSR count). The van der Waals surface area contributed by atoms with E-state index in [0.717, 1.165) is 33.0 Å². The maximum absolute atomic E-state index is 12.2. The Kier molecular flexibility index (Phi) is 10.7. The van der Waals surface area contributed by atoms with Gasteiger partial charge in [-0.3, -0.25) is 19.6 Å². The Balaban J connectivity index is 0.000000172. The lowest BCUT2D eigenvalue weighted by atomic mass is 10.0. The SMILES string of the molecule is COCc1ccncc1-c1cc2cc(NC(=O)[C@@H]3C[C@H]3C#N)ncc2c(N)n1.COCc1ccncc1-c1cc2cc(NC(=O)[C@H]3C[C@@H]3C#N)ncc2c(N)n1. The summed E-state index contributed by atoms with van der Waals surface area (Å²) in [5, 5.41) is 26.3. The number of hydrogen-bond donors (Lipinski definition) is 4. The second-order valence-corrected chi connectivity index (χ2v) is 13.4. The van der Waals surface area contributed by atoms with Crippen LogP contribution in [0.25, 0.3) is 44.1 Å². The molecule has 0 bridgehead atoms. The molecule has 280 valence electrons. The normalized spacial score (nSPS) is 17.9. The summed E-state index contributed by atoms with van der Waals surface area (Å²) < 4.78 is 10.5. The van der Waals surface area contributed by atoms with Crippen molar-refractivity contribution < 1.29 is 19.1 Å². The van der Waals surface area contributed by atoms with Crippen LogP contribution < -0.4 is 22.1 Å². The van der Waals surface area contributed by atoms with E-state index in [9.17, 15) is 9.59 Å². The van der Waals surface area contributed by atoms with E-state index in [1.165, 1.54) is 0 Å². The summed E-state index contributed by atoms with van der Waals surface area (Å²) in [6, 6.07) is 15.3. The van der Waals surface area contributed by atoms with Crippen molar-refractivity contribution in [3.05, 3.63) is 84.7 Å². The summed E-state index contributed by atoms with van der Waals surface area (Å²) in [6.07, 6.45) is 11.2. The molecule has 6 N–H and O–H groups in total. The van der Waals surface area contributed by atoms with Gasteiger partial charge in [0.15, 0.2) is 0 Å². The number of pyridine rings is 6. The molecule has 0 radical (unpaired) electrons. The predicted molar refractivity (Wildman–Crippen MR) is 207 cm³/mol. The molecule has 16 nitrogen and oxygen atoms in total. The fraction of sp³-hybridized carbons (Fsp3) is 0.250. The minimum absolute atomic E-state index is 0.185. The number of nitriles is 2. The van der Waals surface area contributed by atoms with Gasteiger partial charge in [-0.1, -0.05) is 0 Å². The second-order valence-electron chi connectivity index (χ2n) is 13.4. The van der Waals surface area contributed by atoms with Gasteiger partial charge in [-0.2, -0.15) is 10.5 Å². The van der Waals surface area contributed by atoms with Crippen LogP contribution in [0.2, 0.25) is 0 Å². The molecule has 6 aromatic heterocycles. The number of nitrogen functional groups attached to an aromatic ring is 2. The molecule has 4 atom stereocenters. The quantitative estimate of drug-likeness (QED) is 0.143. The van der Waals surface area contributed by atoms with E-state index in [4.69, 9.17) is 31.5 Å². The van der Waals surface area contributed by atoms with Crippen molar-refractivity contribution in [2.75, 3.05) is 36.3 Å². The Labute approximate surface area is 321 Å². The molecule has 2 amide bonds. The van der Waals surface area contributed by atoms with Crippen LogP contribution in [0.15, 0.2) is 73.6 Å². The number of ether oxygens (including phenoxy) is 2. The number of nitrogens with zero attached hydrogens (tertiary/aromatic N) is 8. The number of amides is 2. The number of fused-ring (bicyclic) bond motifs is 2. The molecule has 0 aromatic carbocycles. The third kappa shape index (κ3) is 8.02. The van der Waals surface area contributed by atoms with Gasteiger partial charge in [0.25, 0.3) is 0 Å². The molecule has 0 saturated heterocycles. The Bertz CT molecular complexity index is 2390. The second kappa shape index (κ2) is 16.1. The van der Waals surface area contributed by atoms with Crippen molar-refractivity contribution in [2.24, 2.45) is 23.7 Å². The minimum Gasteiger partial charge on any atom is -0.383 e. The fourth-order valence-electron chi connectivity index (χ4n) is 6.32. The number of nitrogens with one attached hydrogen (secondary N) is 2. The molecule has 0 unspecified atom stereocenters. The minimum atomic E-state index is -0.257. The molecule has 2 fully saturated rings. The van der Waals surface area contributed by atoms with E-state index in [2.05, 4.69) is 52.7 Å². The predicted octanol–water partition coefficient (Wildman–Crippen LogP) is 5.04. The van der Waals surface area contributed by atoms with E-state index in [-0.39, 0.29) is 35.5 Å². The lowest BCUT2D eigenvalue weighted by Gasteiger charge is -2.11. The lowest BCUT2D eigenvalue weighted by molar-refractivity contribution is -0.118. The number of carbonyl (C=O) groups is 2. The van der Waals surface area contributed by atoms with Gasteiger partial charge in [0, 0.05) is 73.3 Å². The van der Waals surface area contributed by atoms with Crippen molar-refractivity contribution in [1.82, 2.24) is 29.9 Å². The fourth-order valence-corrected chi connectivity index (χ4v) is 6.32. The standard InChI is InChI=1S/2C20H18N6O2/c2*1-28-10-11-2-3-23-8-15(11)17-5-12-6-18(24-9-16(12)19(22)25-17)26-20(27)14-4-13(14)7-21/h2*2-3,5-6,8-9,13-14H,4,10H2,1H3,(H2,22,25)(H,24,26,27)/t2*13-,14+/m10/s1. The van der Waals surface area contributed by atoms with Crippen LogP contribution in [0, 0.1) is 46.3 Å². The Morgan fingerprint density at radius 1 is 0.714 bits per heavy atom. The highest BCUT2D eigenvalue weighted by Crippen LogP contribution is 2.39. The van der Waals surface area contributed by atoms with Crippen molar-refractivity contribution in [3.63, 3.8) is 0 Å². The number of carbonyl (C=O) groups excluding carboxylic acids is 2. The van der Waals surface area contributed by atoms with Crippen LogP contribution >= 0.6 is 0 Å². The zero-order valence-electron chi connectivity index (χ0n) is 30.4. The van der Waals surface area contributed by atoms with E-state index in [1.54, 1.807) is 63.5 Å². The molecular weight excluding hydrogens is 713 g/mol. The van der Waals surface area contributed by atoms with E-state index < -0.39 is 0 Å². The van der Waals surface area contributed by atoms with Crippen LogP contribution in [0.1, 0.15) is 24.0 Å². The smallest absolute Gasteiger partial charge is 0.230 e. The zero-order valence-corrected chi connectivity index (χ0v) is 30.4. The first-order valence-corrected chi connectivity index (χ1v) is 17.6. The molecule has 2 aliphatic rings. The number of hydrogen-bond acceptors (Lipinski definition) is 14. The van der Waals surface area contributed by atoms with Gasteiger partial charge >= 0.3 is 0 Å². The molecule has 16 heteroatoms. The summed E-state index contributed by atoms with van der Waals surface area (Å²) in [7, 11) is 3.26. The van der Waals surface area contributed by atoms with Gasteiger partial charge in [-0.15, -0.1) is 0 Å². The van der Waals surface area contributed by atoms with Crippen LogP contribution in [0.4, 0.5) is 23.3 Å². The highest BCUT2D eigenvalue weighted by molar-refractivity contribution is 6.00. The Hall–Kier alpha value is -7.14. The van der Waals surface area contributed by atoms with Crippen molar-refractivity contribution >= 4 is 56.6 Å². The van der Waals surface area contributed by atoms with Gasteiger partial charge < -0.3 is 31.6 Å². The monoisotopic (exact) mass is 748 g/mol. The maximum Gasteiger partial charge on any atom is 0.230 e. The highest BCUT2D eigenvalue weighted by Gasteiger charge is 2.44. The van der Waals surface area contributed by atoms with Gasteiger partial charge in [0.1, 0.15) is 23.3 Å². The van der Waals surface area contributed by atoms with Gasteiger partial charge in [0.05, 0.1) is 60.4 Å². The third-order valence-electron chi connectivity index (χ3n) is 9.55. The van der Waals surface area contributed by atoms with Crippen LogP contribution in [0.5, 0.6) is 0 Å². The summed E-state index contributed by atoms with van der Waals surface area (Å²) in [6.45, 7) is 0.854. The average molecular weight is 749 g/mol. The molecule has 6 aromatic rings. The zero-order chi connectivity index (χ0) is 39.3. The third-order valence-corrected chi connectivity index (χ3v) is 9.55. The van der Waals surface area contributed by atoms with Crippen LogP contribution in [0.3, 0.4) is 0 Å². The van der Waals surface area contributed by atoms with Crippen molar-refractivity contribution in [1.29, 1.82) is 10.5 Å². The summed E-state index contributed by atoms with van der Waals surface area (Å²) in [5.74, 6) is 0.245. The van der Waals surface area contributed by atoms with E-state index in [1.807, 2.05) is 24.3 Å². The van der Waals surface area contributed by atoms with Crippen LogP contribution in [-0.2, 0) is 32.3 Å². The van der Waals surface area contributed by atoms with Gasteiger partial charge in [-0.25, -0.2) is 19.9 Å². The number of methoxy groups -OCH3 is 2. The number of nitrogens with two attached hydrogens (primary N) is 2. The molecule has 0 spiro atoms. The molecular formula is C40H36N12O4. The van der Waals surface area contributed by atoms with Crippen LogP contribution in [-0.4, -0.2) is 55.9 Å². The summed E-state index contributed by atoms with van der Waals surface area (Å²) >= 11 is 0. The largest absolute Gasteiger partial charge is 0.383 e. The molecule has 56 heavy (non-hydrogen) atoms. The number of rotatable bonds is 10. The Morgan fingerprint density at radius 3 is 1.52 bits per heavy atom. The summed E-state index contributed by atoms with van der Waals surface area (Å²) in [4.78, 5) is 50.2. The highest BCUT2D eigenvalue weighted by atomic mass is 16.5. The Morgan fingerprint density at radius 2 is 1.14 bits per heavy atom. The topological polar surface area (TPSA) is 254 Å². The average Bonchev–Trinajstić information content (AvgIpc) is 4.14. The maximum atomic E-state index is 12.2. The van der Waals surface area contributed by atoms with Crippen molar-refractivity contribution in [3.8, 4) is 34.7 Å². The lowest BCUT2D eigenvalue weighted by Crippen LogP contribution is -2.15. The van der Waals surface area contributed by atoms with Crippen molar-refractivity contribution in [2.45, 2.75) is 26.1 Å². The molecule has 2 saturated carbocycles. The molecule has 0 aliphatic heterocycles. The number of anilines is 4. The molecule has 6 heterocycles. The summed E-state index contributed by atoms with van der Waals surface area (Å²) in [5.41, 5.74) is 17.2. The molecule has 2 aliphatic carbocycles. The first-order chi connectivity index (χ1) is 27.2. The van der Waals surface area contributed by atoms with E-state index in [0.29, 0.717) is 71.5 Å². The first-order valence-electron chi connectivity index (χ1n) is 17.6.